The maximum absolute atomic E-state index is 14.3. The fourth-order valence-electron chi connectivity index (χ4n) is 4.83. The van der Waals surface area contributed by atoms with Gasteiger partial charge >= 0.3 is 12.1 Å². The summed E-state index contributed by atoms with van der Waals surface area (Å²) in [6, 6.07) is 2.33. The quantitative estimate of drug-likeness (QED) is 0.232. The fraction of sp³-hybridized carbons (Fsp3) is 0.625. The Bertz CT molecular complexity index is 1230. The van der Waals surface area contributed by atoms with Crippen LogP contribution in [0.3, 0.4) is 0 Å². The van der Waals surface area contributed by atoms with Crippen molar-refractivity contribution in [2.45, 2.75) is 105 Å². The predicted octanol–water partition coefficient (Wildman–Crippen LogP) is 5.48. The number of halogens is 1. The van der Waals surface area contributed by atoms with Crippen LogP contribution in [0.2, 0.25) is 5.02 Å². The number of benzene rings is 1. The number of carboxylic acid groups (broad SMARTS) is 1. The molecule has 1 aromatic rings. The Morgan fingerprint density at radius 1 is 1.00 bits per heavy atom. The molecule has 11 heteroatoms. The summed E-state index contributed by atoms with van der Waals surface area (Å²) < 4.78 is 5.61. The lowest BCUT2D eigenvalue weighted by Gasteiger charge is -2.42. The first kappa shape index (κ1) is 37.8. The number of likely N-dealkylation sites (N-methyl/N-ethyl adjacent to an activating group) is 2. The van der Waals surface area contributed by atoms with Crippen LogP contribution >= 0.6 is 11.6 Å². The van der Waals surface area contributed by atoms with E-state index in [9.17, 15) is 24.3 Å². The smallest absolute Gasteiger partial charge is 0.410 e. The summed E-state index contributed by atoms with van der Waals surface area (Å²) in [7, 11) is 3.07. The molecule has 0 heterocycles. The van der Waals surface area contributed by atoms with E-state index in [0.717, 1.165) is 0 Å². The van der Waals surface area contributed by atoms with Crippen molar-refractivity contribution < 1.29 is 29.0 Å². The second-order valence-corrected chi connectivity index (χ2v) is 14.5. The number of hydrogen-bond donors (Lipinski definition) is 3. The highest BCUT2D eigenvalue weighted by Crippen LogP contribution is 2.35. The van der Waals surface area contributed by atoms with Crippen LogP contribution in [0.4, 0.5) is 10.5 Å². The molecule has 4 N–H and O–H groups in total. The lowest BCUT2D eigenvalue weighted by molar-refractivity contribution is -0.142. The summed E-state index contributed by atoms with van der Waals surface area (Å²) in [6.07, 6.45) is 0.826. The Labute approximate surface area is 261 Å². The molecule has 242 valence electrons. The van der Waals surface area contributed by atoms with Crippen LogP contribution in [0, 0.1) is 11.3 Å². The zero-order chi connectivity index (χ0) is 33.8. The fourth-order valence-corrected chi connectivity index (χ4v) is 4.95. The minimum absolute atomic E-state index is 0.109. The Morgan fingerprint density at radius 3 is 1.95 bits per heavy atom. The molecule has 0 aromatic heterocycles. The third-order valence-electron chi connectivity index (χ3n) is 7.38. The van der Waals surface area contributed by atoms with Gasteiger partial charge in [-0.1, -0.05) is 72.2 Å². The molecular weight excluding hydrogens is 572 g/mol. The van der Waals surface area contributed by atoms with Crippen molar-refractivity contribution in [3.8, 4) is 0 Å². The number of ether oxygens (including phenoxy) is 1. The number of carbonyl (C=O) groups excluding carboxylic acids is 3. The number of carbonyl (C=O) groups is 4. The number of rotatable bonds is 10. The van der Waals surface area contributed by atoms with Crippen LogP contribution < -0.4 is 11.1 Å². The van der Waals surface area contributed by atoms with Crippen LogP contribution in [-0.4, -0.2) is 76.6 Å². The summed E-state index contributed by atoms with van der Waals surface area (Å²) in [5.74, 6) is -2.17. The van der Waals surface area contributed by atoms with Gasteiger partial charge in [0.15, 0.2) is 0 Å². The van der Waals surface area contributed by atoms with E-state index < -0.39 is 58.4 Å². The molecule has 1 unspecified atom stereocenters. The average Bonchev–Trinajstić information content (AvgIpc) is 2.84. The molecule has 0 saturated carbocycles. The van der Waals surface area contributed by atoms with Crippen molar-refractivity contribution in [1.29, 1.82) is 0 Å². The van der Waals surface area contributed by atoms with Gasteiger partial charge in [0.05, 0.1) is 16.8 Å². The third-order valence-corrected chi connectivity index (χ3v) is 7.72. The Hall–Kier alpha value is -3.27. The van der Waals surface area contributed by atoms with Gasteiger partial charge in [0.1, 0.15) is 17.7 Å². The molecule has 3 atom stereocenters. The predicted molar refractivity (Wildman–Crippen MR) is 171 cm³/mol. The number of carboxylic acids is 1. The Kier molecular flexibility index (Phi) is 12.3. The van der Waals surface area contributed by atoms with Gasteiger partial charge in [0.2, 0.25) is 11.8 Å². The molecule has 43 heavy (non-hydrogen) atoms. The standard InChI is InChI=1S/C32H51ClN4O6/c1-18(2)23(16-19(3)28(40)41)36(12)27(39)24(30(4,5)6)35-26(38)25(37(13)29(42)43-31(7,8)9)32(10,11)20-14-15-21(33)22(34)17-20/h14-18,23-25H,34H2,1-13H3,(H,35,38)(H,40,41)/b19-16+/t23-,24-,25?/m1/s1. The minimum atomic E-state index is -1.14. The van der Waals surface area contributed by atoms with Crippen LogP contribution in [0.1, 0.15) is 81.7 Å². The molecule has 3 amide bonds. The highest BCUT2D eigenvalue weighted by molar-refractivity contribution is 6.33. The number of aliphatic carboxylic acids is 1. The number of nitrogens with zero attached hydrogens (tertiary/aromatic N) is 2. The third kappa shape index (κ3) is 9.88. The molecule has 0 aliphatic heterocycles. The highest BCUT2D eigenvalue weighted by Gasteiger charge is 2.46. The SMILES string of the molecule is C/C(=C\[C@H](C(C)C)N(C)C(=O)[C@@H](NC(=O)C(N(C)C(=O)OC(C)(C)C)C(C)(C)c1ccc(Cl)c(N)c1)C(C)(C)C)C(=O)O. The normalized spacial score (nSPS) is 14.9. The molecule has 1 aromatic carbocycles. The zero-order valence-electron chi connectivity index (χ0n) is 28.0. The second kappa shape index (κ2) is 14.0. The van der Waals surface area contributed by atoms with Crippen molar-refractivity contribution in [2.24, 2.45) is 11.3 Å². The Morgan fingerprint density at radius 2 is 1.53 bits per heavy atom. The van der Waals surface area contributed by atoms with Crippen LogP contribution in [0.15, 0.2) is 29.8 Å². The van der Waals surface area contributed by atoms with E-state index in [2.05, 4.69) is 5.32 Å². The minimum Gasteiger partial charge on any atom is -0.478 e. The van der Waals surface area contributed by atoms with Gasteiger partial charge in [-0.2, -0.15) is 0 Å². The maximum atomic E-state index is 14.3. The van der Waals surface area contributed by atoms with E-state index >= 15 is 0 Å². The van der Waals surface area contributed by atoms with Crippen molar-refractivity contribution in [1.82, 2.24) is 15.1 Å². The van der Waals surface area contributed by atoms with Crippen LogP contribution in [-0.2, 0) is 24.5 Å². The summed E-state index contributed by atoms with van der Waals surface area (Å²) >= 11 is 6.17. The van der Waals surface area contributed by atoms with Gasteiger partial charge in [0, 0.05) is 25.1 Å². The van der Waals surface area contributed by atoms with Crippen molar-refractivity contribution >= 4 is 41.2 Å². The number of nitrogen functional groups attached to an aromatic ring is 1. The number of amides is 3. The number of nitrogens with two attached hydrogens (primary N) is 1. The van der Waals surface area contributed by atoms with Gasteiger partial charge in [0.25, 0.3) is 0 Å². The first-order chi connectivity index (χ1) is 19.3. The molecule has 0 aliphatic rings. The average molecular weight is 623 g/mol. The summed E-state index contributed by atoms with van der Waals surface area (Å²) in [4.78, 5) is 55.9. The summed E-state index contributed by atoms with van der Waals surface area (Å²) in [5, 5.41) is 12.7. The lowest BCUT2D eigenvalue weighted by Crippen LogP contribution is -2.63. The highest BCUT2D eigenvalue weighted by atomic mass is 35.5. The molecular formula is C32H51ClN4O6. The van der Waals surface area contributed by atoms with E-state index in [0.29, 0.717) is 16.3 Å². The zero-order valence-corrected chi connectivity index (χ0v) is 28.7. The lowest BCUT2D eigenvalue weighted by atomic mass is 9.76. The van der Waals surface area contributed by atoms with E-state index in [1.165, 1.54) is 23.8 Å². The second-order valence-electron chi connectivity index (χ2n) is 14.1. The van der Waals surface area contributed by atoms with Gasteiger partial charge in [-0.25, -0.2) is 9.59 Å². The monoisotopic (exact) mass is 622 g/mol. The summed E-state index contributed by atoms with van der Waals surface area (Å²) in [6.45, 7) is 19.5. The molecule has 0 radical (unpaired) electrons. The first-order valence-electron chi connectivity index (χ1n) is 14.3. The van der Waals surface area contributed by atoms with Gasteiger partial charge in [-0.3, -0.25) is 14.5 Å². The van der Waals surface area contributed by atoms with E-state index in [4.69, 9.17) is 22.1 Å². The molecule has 10 nitrogen and oxygen atoms in total. The Balaban J connectivity index is 3.68. The molecule has 0 bridgehead atoms. The van der Waals surface area contributed by atoms with Gasteiger partial charge in [-0.05, 0) is 56.7 Å². The first-order valence-corrected chi connectivity index (χ1v) is 14.7. The van der Waals surface area contributed by atoms with Crippen molar-refractivity contribution in [3.63, 3.8) is 0 Å². The molecule has 0 fully saturated rings. The van der Waals surface area contributed by atoms with E-state index in [1.54, 1.807) is 65.9 Å². The number of hydrogen-bond acceptors (Lipinski definition) is 6. The van der Waals surface area contributed by atoms with E-state index in [1.807, 2.05) is 34.6 Å². The number of nitrogens with one attached hydrogen (secondary N) is 1. The summed E-state index contributed by atoms with van der Waals surface area (Å²) in [5.41, 5.74) is 4.59. The topological polar surface area (TPSA) is 142 Å². The maximum Gasteiger partial charge on any atom is 0.410 e. The molecule has 0 aliphatic carbocycles. The van der Waals surface area contributed by atoms with Crippen LogP contribution in [0.25, 0.3) is 0 Å². The van der Waals surface area contributed by atoms with Gasteiger partial charge < -0.3 is 25.8 Å². The van der Waals surface area contributed by atoms with Gasteiger partial charge in [-0.15, -0.1) is 0 Å². The van der Waals surface area contributed by atoms with Crippen molar-refractivity contribution in [3.05, 3.63) is 40.4 Å². The largest absolute Gasteiger partial charge is 0.478 e. The van der Waals surface area contributed by atoms with Crippen LogP contribution in [0.5, 0.6) is 0 Å². The molecule has 0 saturated heterocycles. The molecule has 0 spiro atoms. The van der Waals surface area contributed by atoms with E-state index in [-0.39, 0.29) is 11.5 Å². The molecule has 1 rings (SSSR count). The number of anilines is 1. The van der Waals surface area contributed by atoms with Crippen molar-refractivity contribution in [2.75, 3.05) is 19.8 Å².